The second-order valence-corrected chi connectivity index (χ2v) is 3.57. The van der Waals surface area contributed by atoms with Gasteiger partial charge in [0.2, 0.25) is 5.91 Å². The van der Waals surface area contributed by atoms with Gasteiger partial charge in [0.25, 0.3) is 5.91 Å². The summed E-state index contributed by atoms with van der Waals surface area (Å²) in [6.45, 7) is 1.91. The first-order chi connectivity index (χ1) is 8.10. The summed E-state index contributed by atoms with van der Waals surface area (Å²) >= 11 is 0. The molecule has 0 aliphatic carbocycles. The molecule has 1 rings (SSSR count). The van der Waals surface area contributed by atoms with Gasteiger partial charge in [0, 0.05) is 7.05 Å². The van der Waals surface area contributed by atoms with Gasteiger partial charge in [-0.15, -0.1) is 0 Å². The predicted octanol–water partition coefficient (Wildman–Crippen LogP) is -0.580. The van der Waals surface area contributed by atoms with Crippen LogP contribution in [0.2, 0.25) is 0 Å². The molecule has 1 aromatic heterocycles. The molecule has 0 aliphatic heterocycles. The first-order valence-corrected chi connectivity index (χ1v) is 5.41. The number of aryl methyl sites for hydroxylation is 1. The second kappa shape index (κ2) is 5.88. The van der Waals surface area contributed by atoms with E-state index in [-0.39, 0.29) is 18.1 Å². The van der Waals surface area contributed by atoms with Gasteiger partial charge in [0.05, 0.1) is 17.9 Å². The lowest BCUT2D eigenvalue weighted by molar-refractivity contribution is -0.119. The number of amides is 2. The number of nitrogens with one attached hydrogen (secondary N) is 3. The third-order valence-electron chi connectivity index (χ3n) is 2.29. The van der Waals surface area contributed by atoms with Crippen molar-refractivity contribution in [3.05, 3.63) is 11.4 Å². The highest BCUT2D eigenvalue weighted by molar-refractivity contribution is 5.99. The number of hydrogen-bond donors (Lipinski definition) is 4. The number of rotatable bonds is 5. The maximum atomic E-state index is 11.6. The first kappa shape index (κ1) is 13.0. The Balaban J connectivity index is 2.66. The van der Waals surface area contributed by atoms with E-state index < -0.39 is 5.91 Å². The minimum atomic E-state index is -0.454. The van der Waals surface area contributed by atoms with E-state index in [4.69, 9.17) is 5.73 Å². The molecule has 94 valence electrons. The fraction of sp³-hybridized carbons (Fsp3) is 0.500. The zero-order valence-corrected chi connectivity index (χ0v) is 9.96. The number of carbonyl (C=O) groups is 2. The number of carbonyl (C=O) groups excluding carboxylic acids is 2. The highest BCUT2D eigenvalue weighted by Gasteiger charge is 2.16. The first-order valence-electron chi connectivity index (χ1n) is 5.41. The van der Waals surface area contributed by atoms with E-state index >= 15 is 0 Å². The van der Waals surface area contributed by atoms with Crippen molar-refractivity contribution in [1.82, 2.24) is 20.8 Å². The van der Waals surface area contributed by atoms with Crippen molar-refractivity contribution in [3.8, 4) is 0 Å². The Bertz CT molecular complexity index is 413. The number of nitrogens with two attached hydrogens (primary N) is 1. The number of likely N-dealkylation sites (N-methyl/N-ethyl adjacent to an activating group) is 1. The Morgan fingerprint density at radius 3 is 2.76 bits per heavy atom. The molecule has 5 N–H and O–H groups in total. The van der Waals surface area contributed by atoms with Crippen molar-refractivity contribution in [2.75, 3.05) is 19.3 Å². The number of nitrogens with zero attached hydrogens (tertiary/aromatic N) is 1. The largest absolute Gasteiger partial charge is 0.395 e. The van der Waals surface area contributed by atoms with E-state index in [1.807, 2.05) is 6.92 Å². The summed E-state index contributed by atoms with van der Waals surface area (Å²) in [6, 6.07) is 0. The number of anilines is 1. The Morgan fingerprint density at radius 2 is 2.18 bits per heavy atom. The molecule has 7 nitrogen and oxygen atoms in total. The molecule has 0 aromatic carbocycles. The molecule has 1 aromatic rings. The lowest BCUT2D eigenvalue weighted by Gasteiger charge is -2.02. The number of aromatic amines is 1. The van der Waals surface area contributed by atoms with Crippen LogP contribution in [0.15, 0.2) is 0 Å². The molecule has 0 bridgehead atoms. The smallest absolute Gasteiger partial charge is 0.274 e. The van der Waals surface area contributed by atoms with Gasteiger partial charge in [-0.1, -0.05) is 13.3 Å². The Kier molecular flexibility index (Phi) is 4.50. The fourth-order valence-corrected chi connectivity index (χ4v) is 1.33. The van der Waals surface area contributed by atoms with Crippen LogP contribution in [0, 0.1) is 0 Å². The predicted molar refractivity (Wildman–Crippen MR) is 63.4 cm³/mol. The molecular weight excluding hydrogens is 222 g/mol. The molecule has 17 heavy (non-hydrogen) atoms. The van der Waals surface area contributed by atoms with E-state index in [0.717, 1.165) is 18.5 Å². The summed E-state index contributed by atoms with van der Waals surface area (Å²) < 4.78 is 0. The maximum Gasteiger partial charge on any atom is 0.274 e. The maximum absolute atomic E-state index is 11.6. The van der Waals surface area contributed by atoms with Crippen molar-refractivity contribution in [3.63, 3.8) is 0 Å². The zero-order valence-electron chi connectivity index (χ0n) is 9.96. The highest BCUT2D eigenvalue weighted by Crippen LogP contribution is 2.15. The Labute approximate surface area is 99.1 Å². The molecular formula is C10H17N5O2. The van der Waals surface area contributed by atoms with E-state index in [1.165, 1.54) is 7.05 Å². The van der Waals surface area contributed by atoms with Gasteiger partial charge in [0.15, 0.2) is 5.69 Å². The molecule has 7 heteroatoms. The minimum absolute atomic E-state index is 0.0925. The van der Waals surface area contributed by atoms with Crippen LogP contribution in [-0.4, -0.2) is 35.6 Å². The van der Waals surface area contributed by atoms with Crippen molar-refractivity contribution in [2.45, 2.75) is 19.8 Å². The van der Waals surface area contributed by atoms with Gasteiger partial charge in [-0.2, -0.15) is 5.10 Å². The van der Waals surface area contributed by atoms with Gasteiger partial charge >= 0.3 is 0 Å². The molecule has 0 radical (unpaired) electrons. The van der Waals surface area contributed by atoms with Crippen molar-refractivity contribution in [1.29, 1.82) is 0 Å². The second-order valence-electron chi connectivity index (χ2n) is 3.57. The standard InChI is InChI=1S/C10H17N5O2/c1-3-4-6-8(11)9(15-14-6)10(17)13-5-7(16)12-2/h3-5,11H2,1-2H3,(H,12,16)(H,13,17)(H,14,15). The summed E-state index contributed by atoms with van der Waals surface area (Å²) in [7, 11) is 1.50. The zero-order chi connectivity index (χ0) is 12.8. The average Bonchev–Trinajstić information content (AvgIpc) is 2.68. The molecule has 0 spiro atoms. The average molecular weight is 239 g/mol. The summed E-state index contributed by atoms with van der Waals surface area (Å²) in [6.07, 6.45) is 1.65. The molecule has 1 heterocycles. The van der Waals surface area contributed by atoms with Gasteiger partial charge in [-0.3, -0.25) is 14.7 Å². The van der Waals surface area contributed by atoms with Crippen molar-refractivity contribution < 1.29 is 9.59 Å². The van der Waals surface area contributed by atoms with Crippen LogP contribution in [0.1, 0.15) is 29.5 Å². The van der Waals surface area contributed by atoms with E-state index in [1.54, 1.807) is 0 Å². The highest BCUT2D eigenvalue weighted by atomic mass is 16.2. The van der Waals surface area contributed by atoms with Gasteiger partial charge in [0.1, 0.15) is 0 Å². The van der Waals surface area contributed by atoms with Gasteiger partial charge in [-0.25, -0.2) is 0 Å². The number of aromatic nitrogens is 2. The van der Waals surface area contributed by atoms with E-state index in [2.05, 4.69) is 20.8 Å². The van der Waals surface area contributed by atoms with Crippen LogP contribution in [0.5, 0.6) is 0 Å². The van der Waals surface area contributed by atoms with Crippen LogP contribution in [0.25, 0.3) is 0 Å². The fourth-order valence-electron chi connectivity index (χ4n) is 1.33. The molecule has 0 saturated heterocycles. The molecule has 0 atom stereocenters. The monoisotopic (exact) mass is 239 g/mol. The van der Waals surface area contributed by atoms with Crippen LogP contribution in [-0.2, 0) is 11.2 Å². The third-order valence-corrected chi connectivity index (χ3v) is 2.29. The third kappa shape index (κ3) is 3.20. The Hall–Kier alpha value is -2.05. The van der Waals surface area contributed by atoms with Crippen LogP contribution in [0.3, 0.4) is 0 Å². The Morgan fingerprint density at radius 1 is 1.47 bits per heavy atom. The summed E-state index contributed by atoms with van der Waals surface area (Å²) in [5.74, 6) is -0.731. The van der Waals surface area contributed by atoms with Gasteiger partial charge in [-0.05, 0) is 6.42 Å². The normalized spacial score (nSPS) is 10.0. The quantitative estimate of drug-likeness (QED) is 0.550. The number of nitrogen functional groups attached to an aromatic ring is 1. The SMILES string of the molecule is CCCc1[nH]nc(C(=O)NCC(=O)NC)c1N. The van der Waals surface area contributed by atoms with Crippen LogP contribution >= 0.6 is 0 Å². The summed E-state index contributed by atoms with van der Waals surface area (Å²) in [5, 5.41) is 11.4. The summed E-state index contributed by atoms with van der Waals surface area (Å²) in [4.78, 5) is 22.6. The van der Waals surface area contributed by atoms with Crippen molar-refractivity contribution in [2.24, 2.45) is 0 Å². The van der Waals surface area contributed by atoms with Crippen LogP contribution in [0.4, 0.5) is 5.69 Å². The van der Waals surface area contributed by atoms with Crippen LogP contribution < -0.4 is 16.4 Å². The molecule has 0 fully saturated rings. The molecule has 2 amide bonds. The topological polar surface area (TPSA) is 113 Å². The summed E-state index contributed by atoms with van der Waals surface area (Å²) in [5.41, 5.74) is 7.01. The van der Waals surface area contributed by atoms with E-state index in [9.17, 15) is 9.59 Å². The van der Waals surface area contributed by atoms with Gasteiger partial charge < -0.3 is 16.4 Å². The van der Waals surface area contributed by atoms with Crippen molar-refractivity contribution >= 4 is 17.5 Å². The lowest BCUT2D eigenvalue weighted by Crippen LogP contribution is -2.35. The molecule has 0 unspecified atom stereocenters. The number of hydrogen-bond acceptors (Lipinski definition) is 4. The number of H-pyrrole nitrogens is 1. The molecule has 0 aliphatic rings. The minimum Gasteiger partial charge on any atom is -0.395 e. The lowest BCUT2D eigenvalue weighted by atomic mass is 10.2. The van der Waals surface area contributed by atoms with E-state index in [0.29, 0.717) is 5.69 Å². The molecule has 0 saturated carbocycles.